The van der Waals surface area contributed by atoms with E-state index in [0.717, 1.165) is 12.0 Å². The number of carbonyl (C=O) groups excluding carboxylic acids is 2. The maximum Gasteiger partial charge on any atom is 0.254 e. The van der Waals surface area contributed by atoms with Gasteiger partial charge in [0.05, 0.1) is 5.56 Å². The van der Waals surface area contributed by atoms with Gasteiger partial charge >= 0.3 is 0 Å². The summed E-state index contributed by atoms with van der Waals surface area (Å²) in [4.78, 5) is 28.0. The predicted octanol–water partition coefficient (Wildman–Crippen LogP) is 1.41. The lowest BCUT2D eigenvalue weighted by molar-refractivity contribution is -0.132. The molecule has 5 nitrogen and oxygen atoms in total. The fourth-order valence-corrected chi connectivity index (χ4v) is 3.00. The molecule has 1 atom stereocenters. The Morgan fingerprint density at radius 3 is 2.52 bits per heavy atom. The van der Waals surface area contributed by atoms with Crippen LogP contribution in [0.15, 0.2) is 16.8 Å². The molecule has 2 heterocycles. The zero-order valence-electron chi connectivity index (χ0n) is 12.5. The predicted molar refractivity (Wildman–Crippen MR) is 84.3 cm³/mol. The van der Waals surface area contributed by atoms with Crippen LogP contribution in [0.2, 0.25) is 0 Å². The topological polar surface area (TPSA) is 66.6 Å². The normalized spacial score (nSPS) is 16.9. The fourth-order valence-electron chi connectivity index (χ4n) is 2.37. The van der Waals surface area contributed by atoms with Gasteiger partial charge in [-0.05, 0) is 30.3 Å². The lowest BCUT2D eigenvalue weighted by Crippen LogP contribution is -2.50. The van der Waals surface area contributed by atoms with Gasteiger partial charge < -0.3 is 15.5 Å². The highest BCUT2D eigenvalue weighted by molar-refractivity contribution is 7.08. The van der Waals surface area contributed by atoms with Crippen LogP contribution in [-0.4, -0.2) is 54.3 Å². The molecule has 0 aromatic carbocycles. The molecule has 0 bridgehead atoms. The minimum absolute atomic E-state index is 0.0695. The Bertz CT molecular complexity index is 467. The Morgan fingerprint density at radius 2 is 1.95 bits per heavy atom. The van der Waals surface area contributed by atoms with Gasteiger partial charge in [0.25, 0.3) is 5.91 Å². The lowest BCUT2D eigenvalue weighted by Gasteiger charge is -2.34. The van der Waals surface area contributed by atoms with Gasteiger partial charge in [-0.15, -0.1) is 0 Å². The van der Waals surface area contributed by atoms with Crippen LogP contribution in [-0.2, 0) is 4.79 Å². The molecule has 1 unspecified atom stereocenters. The monoisotopic (exact) mass is 309 g/mol. The number of nitrogens with zero attached hydrogens (tertiary/aromatic N) is 2. The summed E-state index contributed by atoms with van der Waals surface area (Å²) >= 11 is 1.53. The van der Waals surface area contributed by atoms with Crippen LogP contribution in [0.1, 0.15) is 30.1 Å². The van der Waals surface area contributed by atoms with Crippen molar-refractivity contribution in [1.29, 1.82) is 0 Å². The summed E-state index contributed by atoms with van der Waals surface area (Å²) in [5, 5.41) is 3.78. The maximum absolute atomic E-state index is 12.2. The van der Waals surface area contributed by atoms with Crippen LogP contribution in [0, 0.1) is 5.92 Å². The lowest BCUT2D eigenvalue weighted by atomic mass is 10.1. The van der Waals surface area contributed by atoms with Gasteiger partial charge in [0.15, 0.2) is 0 Å². The number of thiophene rings is 1. The third kappa shape index (κ3) is 4.28. The number of nitrogens with two attached hydrogens (primary N) is 1. The van der Waals surface area contributed by atoms with E-state index in [0.29, 0.717) is 45.1 Å². The van der Waals surface area contributed by atoms with Gasteiger partial charge in [-0.3, -0.25) is 9.59 Å². The van der Waals surface area contributed by atoms with Gasteiger partial charge in [0.2, 0.25) is 5.91 Å². The summed E-state index contributed by atoms with van der Waals surface area (Å²) in [6.07, 6.45) is 1.39. The van der Waals surface area contributed by atoms with Gasteiger partial charge in [0, 0.05) is 38.0 Å². The summed E-state index contributed by atoms with van der Waals surface area (Å²) in [7, 11) is 0. The molecule has 1 aromatic rings. The van der Waals surface area contributed by atoms with Crippen LogP contribution in [0.3, 0.4) is 0 Å². The molecule has 6 heteroatoms. The molecule has 1 fully saturated rings. The molecule has 0 aliphatic carbocycles. The Hall–Kier alpha value is -1.40. The first-order chi connectivity index (χ1) is 10.1. The maximum atomic E-state index is 12.2. The van der Waals surface area contributed by atoms with Crippen molar-refractivity contribution in [3.63, 3.8) is 0 Å². The number of hydrogen-bond acceptors (Lipinski definition) is 4. The van der Waals surface area contributed by atoms with E-state index >= 15 is 0 Å². The fraction of sp³-hybridized carbons (Fsp3) is 0.600. The largest absolute Gasteiger partial charge is 0.339 e. The molecule has 2 N–H and O–H groups in total. The molecular weight excluding hydrogens is 286 g/mol. The number of piperazine rings is 1. The first-order valence-electron chi connectivity index (χ1n) is 7.41. The average Bonchev–Trinajstić information content (AvgIpc) is 3.06. The first-order valence-corrected chi connectivity index (χ1v) is 8.35. The molecule has 1 aliphatic heterocycles. The summed E-state index contributed by atoms with van der Waals surface area (Å²) in [6.45, 7) is 5.18. The minimum Gasteiger partial charge on any atom is -0.339 e. The Labute approximate surface area is 129 Å². The molecule has 0 radical (unpaired) electrons. The number of amides is 2. The van der Waals surface area contributed by atoms with E-state index in [1.54, 1.807) is 0 Å². The highest BCUT2D eigenvalue weighted by Crippen LogP contribution is 2.13. The quantitative estimate of drug-likeness (QED) is 0.894. The molecule has 2 amide bonds. The first kappa shape index (κ1) is 16.0. The van der Waals surface area contributed by atoms with Crippen molar-refractivity contribution in [2.45, 2.75) is 19.8 Å². The molecule has 21 heavy (non-hydrogen) atoms. The van der Waals surface area contributed by atoms with E-state index in [9.17, 15) is 9.59 Å². The highest BCUT2D eigenvalue weighted by Gasteiger charge is 2.24. The van der Waals surface area contributed by atoms with Crippen molar-refractivity contribution in [3.8, 4) is 0 Å². The van der Waals surface area contributed by atoms with Crippen LogP contribution in [0.5, 0.6) is 0 Å². The molecule has 2 rings (SSSR count). The third-order valence-corrected chi connectivity index (χ3v) is 4.62. The third-order valence-electron chi connectivity index (χ3n) is 3.94. The smallest absolute Gasteiger partial charge is 0.254 e. The van der Waals surface area contributed by atoms with Gasteiger partial charge in [-0.2, -0.15) is 11.3 Å². The van der Waals surface area contributed by atoms with E-state index in [-0.39, 0.29) is 11.8 Å². The van der Waals surface area contributed by atoms with E-state index in [1.165, 1.54) is 11.3 Å². The second-order valence-electron chi connectivity index (χ2n) is 5.56. The second kappa shape index (κ2) is 7.56. The van der Waals surface area contributed by atoms with E-state index < -0.39 is 0 Å². The number of carbonyl (C=O) groups is 2. The summed E-state index contributed by atoms with van der Waals surface area (Å²) < 4.78 is 0. The summed E-state index contributed by atoms with van der Waals surface area (Å²) in [6, 6.07) is 1.85. The Balaban J connectivity index is 1.77. The number of hydrogen-bond donors (Lipinski definition) is 1. The SMILES string of the molecule is CC(CN)CCC(=O)N1CCN(C(=O)c2ccsc2)CC1. The van der Waals surface area contributed by atoms with Crippen molar-refractivity contribution >= 4 is 23.2 Å². The highest BCUT2D eigenvalue weighted by atomic mass is 32.1. The van der Waals surface area contributed by atoms with Crippen LogP contribution in [0.4, 0.5) is 0 Å². The molecular formula is C15H23N3O2S. The number of rotatable bonds is 5. The second-order valence-corrected chi connectivity index (χ2v) is 6.34. The van der Waals surface area contributed by atoms with Crippen LogP contribution >= 0.6 is 11.3 Å². The van der Waals surface area contributed by atoms with Crippen LogP contribution in [0.25, 0.3) is 0 Å². The van der Waals surface area contributed by atoms with E-state index in [4.69, 9.17) is 5.73 Å². The van der Waals surface area contributed by atoms with Crippen molar-refractivity contribution < 1.29 is 9.59 Å². The molecule has 1 aliphatic rings. The van der Waals surface area contributed by atoms with Crippen molar-refractivity contribution in [2.75, 3.05) is 32.7 Å². The van der Waals surface area contributed by atoms with Gasteiger partial charge in [-0.1, -0.05) is 6.92 Å². The zero-order chi connectivity index (χ0) is 15.2. The van der Waals surface area contributed by atoms with Crippen molar-refractivity contribution in [3.05, 3.63) is 22.4 Å². The Kier molecular flexibility index (Phi) is 5.76. The van der Waals surface area contributed by atoms with Crippen molar-refractivity contribution in [1.82, 2.24) is 9.80 Å². The molecule has 0 spiro atoms. The van der Waals surface area contributed by atoms with E-state index in [1.807, 2.05) is 26.6 Å². The summed E-state index contributed by atoms with van der Waals surface area (Å²) in [5.41, 5.74) is 6.31. The van der Waals surface area contributed by atoms with Gasteiger partial charge in [0.1, 0.15) is 0 Å². The van der Waals surface area contributed by atoms with Crippen molar-refractivity contribution in [2.24, 2.45) is 11.7 Å². The summed E-state index contributed by atoms with van der Waals surface area (Å²) in [5.74, 6) is 0.633. The van der Waals surface area contributed by atoms with Crippen LogP contribution < -0.4 is 5.73 Å². The van der Waals surface area contributed by atoms with Gasteiger partial charge in [-0.25, -0.2) is 0 Å². The molecule has 1 aromatic heterocycles. The van der Waals surface area contributed by atoms with E-state index in [2.05, 4.69) is 6.92 Å². The standard InChI is InChI=1S/C15H23N3O2S/c1-12(10-16)2-3-14(19)17-5-7-18(8-6-17)15(20)13-4-9-21-11-13/h4,9,11-12H,2-3,5-8,10,16H2,1H3. The Morgan fingerprint density at radius 1 is 1.29 bits per heavy atom. The molecule has 116 valence electrons. The minimum atomic E-state index is 0.0695. The average molecular weight is 309 g/mol. The zero-order valence-corrected chi connectivity index (χ0v) is 13.3. The molecule has 1 saturated heterocycles. The molecule has 0 saturated carbocycles.